The number of rotatable bonds is 5. The molecule has 1 heterocycles. The Bertz CT molecular complexity index is 559. The minimum Gasteiger partial charge on any atom is -0.390 e. The number of anilines is 1. The van der Waals surface area contributed by atoms with Crippen LogP contribution in [0.4, 0.5) is 5.82 Å². The summed E-state index contributed by atoms with van der Waals surface area (Å²) in [6.45, 7) is 0.637. The maximum Gasteiger partial charge on any atom is 0.131 e. The first-order valence-electron chi connectivity index (χ1n) is 6.29. The Balaban J connectivity index is 2.37. The summed E-state index contributed by atoms with van der Waals surface area (Å²) in [6, 6.07) is 7.47. The van der Waals surface area contributed by atoms with E-state index in [1.807, 2.05) is 24.3 Å². The Hall–Kier alpha value is -1.69. The van der Waals surface area contributed by atoms with E-state index in [9.17, 15) is 10.2 Å². The van der Waals surface area contributed by atoms with Gasteiger partial charge in [-0.15, -0.1) is 0 Å². The van der Waals surface area contributed by atoms with Crippen molar-refractivity contribution in [3.63, 3.8) is 0 Å². The van der Waals surface area contributed by atoms with Crippen molar-refractivity contribution in [2.45, 2.75) is 18.6 Å². The molecule has 0 spiro atoms. The van der Waals surface area contributed by atoms with E-state index in [2.05, 4.69) is 10.3 Å². The maximum atomic E-state index is 10.2. The van der Waals surface area contributed by atoms with Crippen molar-refractivity contribution < 1.29 is 10.2 Å². The number of fused-ring (bicyclic) bond motifs is 1. The lowest BCUT2D eigenvalue weighted by molar-refractivity contribution is 0.0147. The summed E-state index contributed by atoms with van der Waals surface area (Å²) in [4.78, 5) is 4.08. The molecule has 0 saturated carbocycles. The molecule has 5 N–H and O–H groups in total. The van der Waals surface area contributed by atoms with Gasteiger partial charge in [-0.25, -0.2) is 4.98 Å². The number of benzene rings is 1. The van der Waals surface area contributed by atoms with Crippen molar-refractivity contribution in [1.29, 1.82) is 0 Å². The molecule has 2 atom stereocenters. The van der Waals surface area contributed by atoms with Gasteiger partial charge in [-0.05, 0) is 25.4 Å². The molecule has 0 fully saturated rings. The largest absolute Gasteiger partial charge is 0.390 e. The predicted molar refractivity (Wildman–Crippen MR) is 75.7 cm³/mol. The first kappa shape index (κ1) is 13.7. The van der Waals surface area contributed by atoms with Crippen LogP contribution < -0.4 is 11.1 Å². The molecular formula is C14H19N3O2. The van der Waals surface area contributed by atoms with Crippen molar-refractivity contribution in [2.24, 2.45) is 0 Å². The van der Waals surface area contributed by atoms with Crippen LogP contribution in [0, 0.1) is 0 Å². The summed E-state index contributed by atoms with van der Waals surface area (Å²) in [5, 5.41) is 24.8. The van der Waals surface area contributed by atoms with Crippen LogP contribution >= 0.6 is 0 Å². The zero-order chi connectivity index (χ0) is 13.8. The van der Waals surface area contributed by atoms with Crippen molar-refractivity contribution in [1.82, 2.24) is 10.3 Å². The number of pyridine rings is 1. The number of nitrogens with one attached hydrogen (secondary N) is 1. The van der Waals surface area contributed by atoms with Gasteiger partial charge in [0.15, 0.2) is 0 Å². The molecule has 5 nitrogen and oxygen atoms in total. The third-order valence-electron chi connectivity index (χ3n) is 3.23. The molecule has 0 saturated heterocycles. The number of hydrogen-bond donors (Lipinski definition) is 4. The third kappa shape index (κ3) is 2.84. The van der Waals surface area contributed by atoms with Gasteiger partial charge < -0.3 is 21.3 Å². The lowest BCUT2D eigenvalue weighted by Crippen LogP contribution is -2.23. The highest BCUT2D eigenvalue weighted by atomic mass is 16.3. The van der Waals surface area contributed by atoms with Gasteiger partial charge in [-0.2, -0.15) is 0 Å². The Morgan fingerprint density at radius 2 is 1.95 bits per heavy atom. The summed E-state index contributed by atoms with van der Waals surface area (Å²) < 4.78 is 0. The first-order valence-corrected chi connectivity index (χ1v) is 6.29. The van der Waals surface area contributed by atoms with E-state index in [0.29, 0.717) is 24.3 Å². The van der Waals surface area contributed by atoms with Crippen molar-refractivity contribution in [3.05, 3.63) is 36.0 Å². The number of aliphatic hydroxyl groups excluding tert-OH is 2. The van der Waals surface area contributed by atoms with Gasteiger partial charge in [-0.3, -0.25) is 0 Å². The average molecular weight is 261 g/mol. The Morgan fingerprint density at radius 1 is 1.26 bits per heavy atom. The Morgan fingerprint density at radius 3 is 2.63 bits per heavy atom. The molecule has 2 aromatic rings. The normalized spacial score (nSPS) is 14.5. The van der Waals surface area contributed by atoms with Gasteiger partial charge >= 0.3 is 0 Å². The molecule has 102 valence electrons. The van der Waals surface area contributed by atoms with Crippen molar-refractivity contribution >= 4 is 16.6 Å². The topological polar surface area (TPSA) is 91.4 Å². The molecule has 1 aromatic heterocycles. The molecule has 0 aliphatic heterocycles. The fraction of sp³-hybridized carbons (Fsp3) is 0.357. The highest BCUT2D eigenvalue weighted by molar-refractivity contribution is 5.93. The molecule has 2 unspecified atom stereocenters. The fourth-order valence-corrected chi connectivity index (χ4v) is 2.13. The van der Waals surface area contributed by atoms with Crippen LogP contribution in [0.1, 0.15) is 18.1 Å². The number of nitrogens with zero attached hydrogens (tertiary/aromatic N) is 1. The quantitative estimate of drug-likeness (QED) is 0.639. The van der Waals surface area contributed by atoms with E-state index < -0.39 is 12.2 Å². The van der Waals surface area contributed by atoms with Gasteiger partial charge in [0.25, 0.3) is 0 Å². The minimum absolute atomic E-state index is 0.427. The van der Waals surface area contributed by atoms with Gasteiger partial charge in [0.2, 0.25) is 0 Å². The van der Waals surface area contributed by atoms with Gasteiger partial charge in [0.05, 0.1) is 6.10 Å². The van der Waals surface area contributed by atoms with Gasteiger partial charge in [-0.1, -0.05) is 24.3 Å². The molecule has 0 aliphatic rings. The van der Waals surface area contributed by atoms with Crippen molar-refractivity contribution in [3.8, 4) is 0 Å². The van der Waals surface area contributed by atoms with Gasteiger partial charge in [0, 0.05) is 17.1 Å². The second kappa shape index (κ2) is 5.97. The Labute approximate surface area is 112 Å². The maximum absolute atomic E-state index is 10.2. The molecule has 5 heteroatoms. The summed E-state index contributed by atoms with van der Waals surface area (Å²) in [7, 11) is 1.80. The summed E-state index contributed by atoms with van der Waals surface area (Å²) in [5.41, 5.74) is 6.42. The zero-order valence-electron chi connectivity index (χ0n) is 10.9. The van der Waals surface area contributed by atoms with Crippen LogP contribution in [0.2, 0.25) is 0 Å². The van der Waals surface area contributed by atoms with Crippen LogP contribution in [0.5, 0.6) is 0 Å². The molecule has 0 amide bonds. The van der Waals surface area contributed by atoms with Crippen molar-refractivity contribution in [2.75, 3.05) is 19.3 Å². The average Bonchev–Trinajstić information content (AvgIpc) is 2.45. The summed E-state index contributed by atoms with van der Waals surface area (Å²) >= 11 is 0. The van der Waals surface area contributed by atoms with E-state index in [1.165, 1.54) is 6.20 Å². The SMILES string of the molecule is CNCCC(O)C(O)c1cnc(N)c2ccccc12. The first-order chi connectivity index (χ1) is 9.15. The summed E-state index contributed by atoms with van der Waals surface area (Å²) in [6.07, 6.45) is 0.203. The standard InChI is InChI=1S/C14H19N3O2/c1-16-7-6-12(18)13(19)11-8-17-14(15)10-5-3-2-4-9(10)11/h2-5,8,12-13,16,18-19H,6-7H2,1H3,(H2,15,17). The van der Waals surface area contributed by atoms with Crippen LogP contribution in [-0.2, 0) is 0 Å². The molecule has 0 bridgehead atoms. The second-order valence-electron chi connectivity index (χ2n) is 4.55. The zero-order valence-corrected chi connectivity index (χ0v) is 10.9. The highest BCUT2D eigenvalue weighted by Crippen LogP contribution is 2.28. The molecule has 0 aliphatic carbocycles. The molecule has 2 rings (SSSR count). The van der Waals surface area contributed by atoms with Crippen LogP contribution in [0.3, 0.4) is 0 Å². The van der Waals surface area contributed by atoms with E-state index in [-0.39, 0.29) is 0 Å². The summed E-state index contributed by atoms with van der Waals surface area (Å²) in [5.74, 6) is 0.427. The van der Waals surface area contributed by atoms with E-state index in [0.717, 1.165) is 10.8 Å². The minimum atomic E-state index is -0.966. The number of aliphatic hydroxyl groups is 2. The monoisotopic (exact) mass is 261 g/mol. The lowest BCUT2D eigenvalue weighted by atomic mass is 9.98. The highest BCUT2D eigenvalue weighted by Gasteiger charge is 2.20. The van der Waals surface area contributed by atoms with Gasteiger partial charge in [0.1, 0.15) is 11.9 Å². The number of nitrogen functional groups attached to an aromatic ring is 1. The molecule has 0 radical (unpaired) electrons. The lowest BCUT2D eigenvalue weighted by Gasteiger charge is -2.19. The van der Waals surface area contributed by atoms with E-state index in [1.54, 1.807) is 7.05 Å². The fourth-order valence-electron chi connectivity index (χ4n) is 2.13. The molecule has 19 heavy (non-hydrogen) atoms. The number of aromatic nitrogens is 1. The van der Waals surface area contributed by atoms with Crippen LogP contribution in [0.25, 0.3) is 10.8 Å². The van der Waals surface area contributed by atoms with E-state index in [4.69, 9.17) is 5.73 Å². The molecular weight excluding hydrogens is 242 g/mol. The number of hydrogen-bond acceptors (Lipinski definition) is 5. The predicted octanol–water partition coefficient (Wildman–Crippen LogP) is 0.821. The smallest absolute Gasteiger partial charge is 0.131 e. The van der Waals surface area contributed by atoms with Crippen LogP contribution in [0.15, 0.2) is 30.5 Å². The Kier molecular flexibility index (Phi) is 4.31. The van der Waals surface area contributed by atoms with Crippen LogP contribution in [-0.4, -0.2) is 34.9 Å². The second-order valence-corrected chi connectivity index (χ2v) is 4.55. The number of nitrogens with two attached hydrogens (primary N) is 1. The van der Waals surface area contributed by atoms with E-state index >= 15 is 0 Å². The third-order valence-corrected chi connectivity index (χ3v) is 3.23. The molecule has 1 aromatic carbocycles.